The maximum Gasteiger partial charge on any atom is 0.305 e. The fraction of sp³-hybridized carbons (Fsp3) is 0.855. The van der Waals surface area contributed by atoms with Gasteiger partial charge in [-0.1, -0.05) is 389 Å². The van der Waals surface area contributed by atoms with E-state index in [1.54, 1.807) is 6.08 Å². The second-order valence-corrected chi connectivity index (χ2v) is 27.4. The number of nitrogens with one attached hydrogen (secondary N) is 1. The Morgan fingerprint density at radius 1 is 0.315 bits per heavy atom. The van der Waals surface area contributed by atoms with Gasteiger partial charge in [0.15, 0.2) is 0 Å². The van der Waals surface area contributed by atoms with Crippen molar-refractivity contribution in [3.05, 3.63) is 60.8 Å². The smallest absolute Gasteiger partial charge is 0.305 e. The van der Waals surface area contributed by atoms with Crippen LogP contribution in [0.2, 0.25) is 0 Å². The first kappa shape index (κ1) is 86.6. The summed E-state index contributed by atoms with van der Waals surface area (Å²) < 4.78 is 5.48. The molecule has 2 unspecified atom stereocenters. The molecular weight excluding hydrogens is 1090 g/mol. The molecule has 2 atom stereocenters. The number of aliphatic hydroxyl groups excluding tert-OH is 2. The summed E-state index contributed by atoms with van der Waals surface area (Å²) in [4.78, 5) is 24.6. The van der Waals surface area contributed by atoms with E-state index in [4.69, 9.17) is 4.74 Å². The van der Waals surface area contributed by atoms with E-state index in [1.165, 1.54) is 347 Å². The van der Waals surface area contributed by atoms with Crippen molar-refractivity contribution < 1.29 is 24.5 Å². The highest BCUT2D eigenvalue weighted by atomic mass is 16.5. The number of ether oxygens (including phenoxy) is 1. The summed E-state index contributed by atoms with van der Waals surface area (Å²) in [6, 6.07) is -0.629. The first-order valence-electron chi connectivity index (χ1n) is 40.1. The minimum atomic E-state index is -0.846. The van der Waals surface area contributed by atoms with Crippen molar-refractivity contribution in [3.63, 3.8) is 0 Å². The third kappa shape index (κ3) is 74.5. The molecule has 0 heterocycles. The third-order valence-electron chi connectivity index (χ3n) is 18.5. The summed E-state index contributed by atoms with van der Waals surface area (Å²) in [6.45, 7) is 4.89. The molecule has 0 bridgehead atoms. The van der Waals surface area contributed by atoms with Crippen LogP contribution in [0.1, 0.15) is 431 Å². The monoisotopic (exact) mass is 1250 g/mol. The predicted molar refractivity (Wildman–Crippen MR) is 393 cm³/mol. The average Bonchev–Trinajstić information content (AvgIpc) is 3.68. The fourth-order valence-electron chi connectivity index (χ4n) is 12.4. The van der Waals surface area contributed by atoms with Crippen molar-refractivity contribution in [2.24, 2.45) is 0 Å². The number of amides is 1. The van der Waals surface area contributed by atoms with Gasteiger partial charge in [0, 0.05) is 12.8 Å². The maximum absolute atomic E-state index is 12.6. The molecule has 0 aromatic heterocycles. The zero-order valence-electron chi connectivity index (χ0n) is 59.9. The Hall–Kier alpha value is -2.44. The van der Waals surface area contributed by atoms with Gasteiger partial charge in [-0.05, 0) is 89.9 Å². The van der Waals surface area contributed by atoms with Crippen molar-refractivity contribution in [3.8, 4) is 0 Å². The van der Waals surface area contributed by atoms with E-state index >= 15 is 0 Å². The minimum Gasteiger partial charge on any atom is -0.466 e. The van der Waals surface area contributed by atoms with Crippen molar-refractivity contribution in [2.45, 2.75) is 443 Å². The lowest BCUT2D eigenvalue weighted by Crippen LogP contribution is -2.45. The van der Waals surface area contributed by atoms with Crippen LogP contribution < -0.4 is 5.32 Å². The molecule has 522 valence electrons. The van der Waals surface area contributed by atoms with E-state index in [-0.39, 0.29) is 18.5 Å². The number of rotatable bonds is 75. The highest BCUT2D eigenvalue weighted by molar-refractivity contribution is 5.76. The van der Waals surface area contributed by atoms with E-state index in [1.807, 2.05) is 6.08 Å². The summed E-state index contributed by atoms with van der Waals surface area (Å²) in [6.07, 6.45) is 105. The molecule has 6 nitrogen and oxygen atoms in total. The number of allylic oxidation sites excluding steroid dienone is 9. The predicted octanol–water partition coefficient (Wildman–Crippen LogP) is 26.5. The molecule has 6 heteroatoms. The normalized spacial score (nSPS) is 12.8. The van der Waals surface area contributed by atoms with Gasteiger partial charge in [0.05, 0.1) is 25.4 Å². The first-order chi connectivity index (χ1) is 44.0. The topological polar surface area (TPSA) is 95.9 Å². The second kappa shape index (κ2) is 78.0. The molecular formula is C83H155NO5. The van der Waals surface area contributed by atoms with Crippen LogP contribution in [0.3, 0.4) is 0 Å². The van der Waals surface area contributed by atoms with Gasteiger partial charge >= 0.3 is 5.97 Å². The molecule has 1 amide bonds. The Bertz CT molecular complexity index is 1530. The van der Waals surface area contributed by atoms with Crippen LogP contribution in [0.5, 0.6) is 0 Å². The lowest BCUT2D eigenvalue weighted by Gasteiger charge is -2.20. The van der Waals surface area contributed by atoms with Crippen LogP contribution in [0.15, 0.2) is 60.8 Å². The van der Waals surface area contributed by atoms with E-state index in [9.17, 15) is 19.8 Å². The third-order valence-corrected chi connectivity index (χ3v) is 18.5. The molecule has 0 aromatic rings. The fourth-order valence-corrected chi connectivity index (χ4v) is 12.4. The zero-order valence-corrected chi connectivity index (χ0v) is 59.9. The number of carbonyl (C=O) groups is 2. The summed E-state index contributed by atoms with van der Waals surface area (Å²) in [5.74, 6) is -0.0623. The molecule has 0 rings (SSSR count). The molecule has 0 radical (unpaired) electrons. The van der Waals surface area contributed by atoms with Crippen LogP contribution in [0.25, 0.3) is 0 Å². The molecule has 0 aliphatic rings. The van der Waals surface area contributed by atoms with Gasteiger partial charge in [-0.25, -0.2) is 0 Å². The Labute approximate surface area is 556 Å². The average molecular weight is 1250 g/mol. The lowest BCUT2D eigenvalue weighted by atomic mass is 10.0. The Kier molecular flexibility index (Phi) is 75.9. The zero-order chi connectivity index (χ0) is 64.2. The molecule has 3 N–H and O–H groups in total. The van der Waals surface area contributed by atoms with Crippen molar-refractivity contribution in [2.75, 3.05) is 13.2 Å². The number of carbonyl (C=O) groups excluding carboxylic acids is 2. The Morgan fingerprint density at radius 3 is 0.888 bits per heavy atom. The molecule has 89 heavy (non-hydrogen) atoms. The second-order valence-electron chi connectivity index (χ2n) is 27.4. The number of aliphatic hydroxyl groups is 2. The molecule has 0 saturated heterocycles. The van der Waals surface area contributed by atoms with Crippen LogP contribution in [0, 0.1) is 0 Å². The first-order valence-corrected chi connectivity index (χ1v) is 40.1. The Balaban J connectivity index is 3.41. The van der Waals surface area contributed by atoms with E-state index < -0.39 is 12.1 Å². The van der Waals surface area contributed by atoms with Gasteiger partial charge in [-0.15, -0.1) is 0 Å². The molecule has 0 fully saturated rings. The van der Waals surface area contributed by atoms with Crippen molar-refractivity contribution >= 4 is 11.9 Å². The van der Waals surface area contributed by atoms with Crippen molar-refractivity contribution in [1.82, 2.24) is 5.32 Å². The van der Waals surface area contributed by atoms with Gasteiger partial charge in [0.2, 0.25) is 5.91 Å². The van der Waals surface area contributed by atoms with Crippen LogP contribution >= 0.6 is 0 Å². The van der Waals surface area contributed by atoms with Crippen LogP contribution in [0.4, 0.5) is 0 Å². The molecule has 0 saturated carbocycles. The molecule has 0 spiro atoms. The lowest BCUT2D eigenvalue weighted by molar-refractivity contribution is -0.143. The van der Waals surface area contributed by atoms with Crippen LogP contribution in [-0.4, -0.2) is 47.4 Å². The summed E-state index contributed by atoms with van der Waals surface area (Å²) >= 11 is 0. The van der Waals surface area contributed by atoms with Gasteiger partial charge < -0.3 is 20.3 Å². The van der Waals surface area contributed by atoms with E-state index in [0.717, 1.165) is 57.8 Å². The molecule has 0 aliphatic carbocycles. The highest BCUT2D eigenvalue weighted by Gasteiger charge is 2.18. The highest BCUT2D eigenvalue weighted by Crippen LogP contribution is 2.19. The van der Waals surface area contributed by atoms with Gasteiger partial charge in [0.1, 0.15) is 0 Å². The van der Waals surface area contributed by atoms with Gasteiger partial charge in [-0.3, -0.25) is 9.59 Å². The molecule has 0 aromatic carbocycles. The Morgan fingerprint density at radius 2 is 0.573 bits per heavy atom. The largest absolute Gasteiger partial charge is 0.466 e. The number of unbranched alkanes of at least 4 members (excludes halogenated alkanes) is 56. The standard InChI is InChI=1S/C83H155NO5/c1-3-5-7-9-11-13-15-17-19-20-21-22-23-33-36-39-42-45-48-51-55-59-63-67-71-75-81(86)80(79-85)84-82(87)76-72-68-64-60-56-52-49-46-43-40-37-34-31-29-27-25-24-26-28-30-32-35-38-41-44-47-50-54-58-62-66-70-74-78-89-83(88)77-73-69-65-61-57-53-18-16-14-12-10-8-6-4-2/h10,12,16,18,28,30,35,38,71,75,80-81,85-86H,3-9,11,13-15,17,19-27,29,31-34,36-37,39-70,72-74,76-79H2,1-2H3,(H,84,87)/b12-10-,18-16-,30-28-,38-35-,75-71+. The molecule has 0 aliphatic heterocycles. The summed E-state index contributed by atoms with van der Waals surface area (Å²) in [7, 11) is 0. The maximum atomic E-state index is 12.6. The quantitative estimate of drug-likeness (QED) is 0.0320. The van der Waals surface area contributed by atoms with E-state index in [0.29, 0.717) is 19.4 Å². The van der Waals surface area contributed by atoms with Gasteiger partial charge in [-0.2, -0.15) is 0 Å². The minimum absolute atomic E-state index is 0.000575. The van der Waals surface area contributed by atoms with Crippen LogP contribution in [-0.2, 0) is 14.3 Å². The summed E-state index contributed by atoms with van der Waals surface area (Å²) in [5.41, 5.74) is 0. The summed E-state index contributed by atoms with van der Waals surface area (Å²) in [5, 5.41) is 23.3. The van der Waals surface area contributed by atoms with Gasteiger partial charge in [0.25, 0.3) is 0 Å². The number of esters is 1. The van der Waals surface area contributed by atoms with E-state index in [2.05, 4.69) is 67.8 Å². The SMILES string of the molecule is CCCC/C=C\C/C=C\CCCCCCCC(=O)OCCCCCCCCCCC/C=C\C/C=C\CCCCCCCCCCCCCCCCCCCC(=O)NC(CO)C(O)/C=C/CCCCCCCCCCCCCCCCCCCCCCCCC. The number of hydrogen-bond acceptors (Lipinski definition) is 5. The van der Waals surface area contributed by atoms with Crippen molar-refractivity contribution in [1.29, 1.82) is 0 Å². The number of hydrogen-bond donors (Lipinski definition) is 3.